The number of aromatic amines is 1. The van der Waals surface area contributed by atoms with Crippen LogP contribution in [0.4, 0.5) is 4.39 Å². The van der Waals surface area contributed by atoms with Gasteiger partial charge < -0.3 is 10.3 Å². The van der Waals surface area contributed by atoms with Crippen molar-refractivity contribution < 1.29 is 4.39 Å². The number of halogens is 2. The third-order valence-electron chi connectivity index (χ3n) is 5.10. The van der Waals surface area contributed by atoms with Crippen LogP contribution >= 0.6 is 11.6 Å². The van der Waals surface area contributed by atoms with Crippen molar-refractivity contribution in [3.8, 4) is 5.69 Å². The van der Waals surface area contributed by atoms with Crippen molar-refractivity contribution in [2.45, 2.75) is 39.3 Å². The highest BCUT2D eigenvalue weighted by atomic mass is 35.5. The fourth-order valence-electron chi connectivity index (χ4n) is 3.51. The van der Waals surface area contributed by atoms with Crippen LogP contribution in [-0.2, 0) is 18.5 Å². The lowest BCUT2D eigenvalue weighted by molar-refractivity contribution is 0.565. The van der Waals surface area contributed by atoms with Crippen molar-refractivity contribution in [2.24, 2.45) is 0 Å². The standard InChI is InChI=1S/C24H24ClFN4O/c1-24(2,3)21-20-12-16(14-27-13-15-4-8-18(26)9-5-15)23(31)28-22(20)30(29-21)19-10-6-17(25)7-11-19/h4-12,27H,13-14H2,1-3H3,(H,28,31). The van der Waals surface area contributed by atoms with Crippen LogP contribution in [0.3, 0.4) is 0 Å². The van der Waals surface area contributed by atoms with E-state index in [0.717, 1.165) is 22.3 Å². The number of fused-ring (bicyclic) bond motifs is 1. The van der Waals surface area contributed by atoms with Gasteiger partial charge in [0.15, 0.2) is 0 Å². The Morgan fingerprint density at radius 1 is 1.06 bits per heavy atom. The van der Waals surface area contributed by atoms with Crippen LogP contribution in [0.2, 0.25) is 5.02 Å². The molecule has 160 valence electrons. The first kappa shape index (κ1) is 21.3. The van der Waals surface area contributed by atoms with E-state index >= 15 is 0 Å². The first-order chi connectivity index (χ1) is 14.7. The Hall–Kier alpha value is -2.96. The lowest BCUT2D eigenvalue weighted by Crippen LogP contribution is -2.21. The predicted molar refractivity (Wildman–Crippen MR) is 122 cm³/mol. The number of nitrogens with zero attached hydrogens (tertiary/aromatic N) is 2. The molecule has 0 atom stereocenters. The maximum absolute atomic E-state index is 13.1. The van der Waals surface area contributed by atoms with E-state index in [4.69, 9.17) is 16.7 Å². The van der Waals surface area contributed by atoms with Crippen LogP contribution in [0.15, 0.2) is 59.4 Å². The Morgan fingerprint density at radius 3 is 2.39 bits per heavy atom. The highest BCUT2D eigenvalue weighted by molar-refractivity contribution is 6.30. The molecule has 0 fully saturated rings. The summed E-state index contributed by atoms with van der Waals surface area (Å²) >= 11 is 6.03. The van der Waals surface area contributed by atoms with Crippen LogP contribution in [0.5, 0.6) is 0 Å². The van der Waals surface area contributed by atoms with Crippen LogP contribution in [0, 0.1) is 5.82 Å². The highest BCUT2D eigenvalue weighted by Gasteiger charge is 2.24. The molecule has 0 saturated carbocycles. The highest BCUT2D eigenvalue weighted by Crippen LogP contribution is 2.30. The van der Waals surface area contributed by atoms with E-state index < -0.39 is 0 Å². The summed E-state index contributed by atoms with van der Waals surface area (Å²) in [4.78, 5) is 15.8. The van der Waals surface area contributed by atoms with E-state index in [1.54, 1.807) is 28.9 Å². The second-order valence-electron chi connectivity index (χ2n) is 8.60. The Kier molecular flexibility index (Phi) is 5.69. The summed E-state index contributed by atoms with van der Waals surface area (Å²) in [5.74, 6) is -0.266. The van der Waals surface area contributed by atoms with Gasteiger partial charge in [-0.3, -0.25) is 4.79 Å². The summed E-state index contributed by atoms with van der Waals surface area (Å²) in [6.07, 6.45) is 0. The zero-order valence-corrected chi connectivity index (χ0v) is 18.4. The summed E-state index contributed by atoms with van der Waals surface area (Å²) in [5, 5.41) is 9.63. The number of pyridine rings is 1. The van der Waals surface area contributed by atoms with Crippen LogP contribution < -0.4 is 10.9 Å². The normalized spacial score (nSPS) is 11.9. The van der Waals surface area contributed by atoms with Crippen molar-refractivity contribution in [2.75, 3.05) is 0 Å². The molecule has 2 aromatic heterocycles. The largest absolute Gasteiger partial charge is 0.308 e. The third-order valence-corrected chi connectivity index (χ3v) is 5.36. The maximum Gasteiger partial charge on any atom is 0.254 e. The van der Waals surface area contributed by atoms with Crippen LogP contribution in [0.25, 0.3) is 16.7 Å². The smallest absolute Gasteiger partial charge is 0.254 e. The second-order valence-corrected chi connectivity index (χ2v) is 9.04. The van der Waals surface area contributed by atoms with Crippen molar-refractivity contribution in [3.05, 3.63) is 92.6 Å². The van der Waals surface area contributed by atoms with Crippen LogP contribution in [0.1, 0.15) is 37.6 Å². The van der Waals surface area contributed by atoms with Gasteiger partial charge in [-0.15, -0.1) is 0 Å². The fraction of sp³-hybridized carbons (Fsp3) is 0.250. The zero-order chi connectivity index (χ0) is 22.2. The minimum atomic E-state index is -0.266. The summed E-state index contributed by atoms with van der Waals surface area (Å²) in [5.41, 5.74) is 3.55. The van der Waals surface area contributed by atoms with E-state index in [-0.39, 0.29) is 16.8 Å². The number of H-pyrrole nitrogens is 1. The number of aromatic nitrogens is 3. The molecule has 0 saturated heterocycles. The van der Waals surface area contributed by atoms with Crippen molar-refractivity contribution >= 4 is 22.6 Å². The molecule has 0 radical (unpaired) electrons. The Labute approximate surface area is 184 Å². The van der Waals surface area contributed by atoms with Gasteiger partial charge in [0.25, 0.3) is 5.56 Å². The quantitative estimate of drug-likeness (QED) is 0.456. The SMILES string of the molecule is CC(C)(C)c1nn(-c2ccc(Cl)cc2)c2[nH]c(=O)c(CNCc3ccc(F)cc3)cc12. The molecule has 0 aliphatic rings. The molecule has 0 amide bonds. The average Bonchev–Trinajstić information content (AvgIpc) is 3.09. The van der Waals surface area contributed by atoms with Gasteiger partial charge in [0, 0.05) is 34.5 Å². The van der Waals surface area contributed by atoms with E-state index in [2.05, 4.69) is 31.1 Å². The first-order valence-corrected chi connectivity index (χ1v) is 10.5. The predicted octanol–water partition coefficient (Wildman–Crippen LogP) is 5.09. The molecule has 0 unspecified atom stereocenters. The summed E-state index contributed by atoms with van der Waals surface area (Å²) in [6, 6.07) is 15.6. The van der Waals surface area contributed by atoms with Gasteiger partial charge >= 0.3 is 0 Å². The molecular formula is C24H24ClFN4O. The topological polar surface area (TPSA) is 62.7 Å². The number of hydrogen-bond acceptors (Lipinski definition) is 3. The molecule has 4 rings (SSSR count). The molecule has 4 aromatic rings. The Morgan fingerprint density at radius 2 is 1.74 bits per heavy atom. The van der Waals surface area contributed by atoms with E-state index in [9.17, 15) is 9.18 Å². The Bertz CT molecular complexity index is 1270. The molecular weight excluding hydrogens is 415 g/mol. The van der Waals surface area contributed by atoms with Gasteiger partial charge in [-0.25, -0.2) is 9.07 Å². The number of nitrogens with one attached hydrogen (secondary N) is 2. The van der Waals surface area contributed by atoms with Crippen molar-refractivity contribution in [3.63, 3.8) is 0 Å². The minimum absolute atomic E-state index is 0.172. The molecule has 0 bridgehead atoms. The Balaban J connectivity index is 1.70. The molecule has 5 nitrogen and oxygen atoms in total. The number of benzene rings is 2. The third kappa shape index (κ3) is 4.55. The van der Waals surface area contributed by atoms with Gasteiger partial charge in [-0.05, 0) is 48.0 Å². The average molecular weight is 439 g/mol. The lowest BCUT2D eigenvalue weighted by Gasteiger charge is -2.15. The first-order valence-electron chi connectivity index (χ1n) is 10.1. The molecule has 0 aliphatic carbocycles. The van der Waals surface area contributed by atoms with Gasteiger partial charge in [-0.2, -0.15) is 5.10 Å². The van der Waals surface area contributed by atoms with Gasteiger partial charge in [-0.1, -0.05) is 44.5 Å². The summed E-state index contributed by atoms with van der Waals surface area (Å²) in [6.45, 7) is 7.21. The molecule has 0 aliphatic heterocycles. The lowest BCUT2D eigenvalue weighted by atomic mass is 9.90. The fourth-order valence-corrected chi connectivity index (χ4v) is 3.64. The van der Waals surface area contributed by atoms with Crippen molar-refractivity contribution in [1.29, 1.82) is 0 Å². The monoisotopic (exact) mass is 438 g/mol. The summed E-state index contributed by atoms with van der Waals surface area (Å²) in [7, 11) is 0. The minimum Gasteiger partial charge on any atom is -0.308 e. The number of rotatable bonds is 5. The van der Waals surface area contributed by atoms with E-state index in [1.165, 1.54) is 12.1 Å². The summed E-state index contributed by atoms with van der Waals surface area (Å²) < 4.78 is 14.8. The van der Waals surface area contributed by atoms with Gasteiger partial charge in [0.05, 0.1) is 11.4 Å². The second kappa shape index (κ2) is 8.29. The van der Waals surface area contributed by atoms with E-state index in [1.807, 2.05) is 18.2 Å². The molecule has 0 spiro atoms. The number of hydrogen-bond donors (Lipinski definition) is 2. The molecule has 31 heavy (non-hydrogen) atoms. The van der Waals surface area contributed by atoms with Crippen LogP contribution in [-0.4, -0.2) is 14.8 Å². The van der Waals surface area contributed by atoms with E-state index in [0.29, 0.717) is 29.3 Å². The zero-order valence-electron chi connectivity index (χ0n) is 17.7. The molecule has 2 N–H and O–H groups in total. The molecule has 2 heterocycles. The molecule has 2 aromatic carbocycles. The van der Waals surface area contributed by atoms with Gasteiger partial charge in [0.2, 0.25) is 0 Å². The van der Waals surface area contributed by atoms with Gasteiger partial charge in [0.1, 0.15) is 11.5 Å². The molecule has 7 heteroatoms. The van der Waals surface area contributed by atoms with Crippen molar-refractivity contribution in [1.82, 2.24) is 20.1 Å². The maximum atomic E-state index is 13.1.